The summed E-state index contributed by atoms with van der Waals surface area (Å²) in [5.74, 6) is -1.59. The SMILES string of the molecule is COC(=O)C1CCCN(S(=O)(=O)c2cc(NC(=O)C(C)n3ncc(Cl)c(Cl)c3=O)ccc2C)C1. The highest BCUT2D eigenvalue weighted by Crippen LogP contribution is 2.28. The van der Waals surface area contributed by atoms with Crippen LogP contribution in [0.3, 0.4) is 0 Å². The first kappa shape index (κ1) is 26.1. The van der Waals surface area contributed by atoms with Crippen molar-refractivity contribution in [3.8, 4) is 0 Å². The van der Waals surface area contributed by atoms with E-state index in [0.717, 1.165) is 10.9 Å². The molecule has 0 radical (unpaired) electrons. The molecule has 34 heavy (non-hydrogen) atoms. The van der Waals surface area contributed by atoms with Gasteiger partial charge in [0.05, 0.1) is 29.1 Å². The number of sulfonamides is 1. The first-order valence-electron chi connectivity index (χ1n) is 10.4. The lowest BCUT2D eigenvalue weighted by Crippen LogP contribution is -2.42. The number of benzene rings is 1. The number of carbonyl (C=O) groups excluding carboxylic acids is 2. The molecular formula is C21H24Cl2N4O6S. The van der Waals surface area contributed by atoms with Crippen molar-refractivity contribution in [2.45, 2.75) is 37.6 Å². The van der Waals surface area contributed by atoms with Crippen LogP contribution >= 0.6 is 23.2 Å². The van der Waals surface area contributed by atoms with Crippen molar-refractivity contribution in [1.29, 1.82) is 0 Å². The average Bonchev–Trinajstić information content (AvgIpc) is 2.82. The molecular weight excluding hydrogens is 507 g/mol. The normalized spacial score (nSPS) is 17.7. The van der Waals surface area contributed by atoms with Gasteiger partial charge in [-0.1, -0.05) is 29.3 Å². The van der Waals surface area contributed by atoms with Crippen LogP contribution < -0.4 is 10.9 Å². The Labute approximate surface area is 206 Å². The minimum atomic E-state index is -3.94. The van der Waals surface area contributed by atoms with Crippen LogP contribution in [-0.2, 0) is 24.3 Å². The number of hydrogen-bond acceptors (Lipinski definition) is 7. The lowest BCUT2D eigenvalue weighted by atomic mass is 10.0. The van der Waals surface area contributed by atoms with Gasteiger partial charge in [-0.3, -0.25) is 14.4 Å². The molecule has 2 atom stereocenters. The second kappa shape index (κ2) is 10.4. The van der Waals surface area contributed by atoms with Crippen molar-refractivity contribution in [3.05, 3.63) is 50.4 Å². The maximum absolute atomic E-state index is 13.4. The van der Waals surface area contributed by atoms with Crippen LogP contribution in [0.5, 0.6) is 0 Å². The van der Waals surface area contributed by atoms with Gasteiger partial charge in [0.2, 0.25) is 15.9 Å². The fourth-order valence-corrected chi connectivity index (χ4v) is 5.71. The van der Waals surface area contributed by atoms with E-state index < -0.39 is 39.4 Å². The fourth-order valence-electron chi connectivity index (χ4n) is 3.67. The minimum Gasteiger partial charge on any atom is -0.469 e. The monoisotopic (exact) mass is 530 g/mol. The van der Waals surface area contributed by atoms with Gasteiger partial charge in [0.25, 0.3) is 5.56 Å². The number of carbonyl (C=O) groups is 2. The Balaban J connectivity index is 1.85. The zero-order valence-corrected chi connectivity index (χ0v) is 21.1. The summed E-state index contributed by atoms with van der Waals surface area (Å²) in [6, 6.07) is 3.42. The van der Waals surface area contributed by atoms with Crippen molar-refractivity contribution in [3.63, 3.8) is 0 Å². The van der Waals surface area contributed by atoms with E-state index >= 15 is 0 Å². The summed E-state index contributed by atoms with van der Waals surface area (Å²) < 4.78 is 33.6. The third kappa shape index (κ3) is 5.27. The molecule has 1 aliphatic rings. The highest BCUT2D eigenvalue weighted by Gasteiger charge is 2.34. The molecule has 1 fully saturated rings. The highest BCUT2D eigenvalue weighted by atomic mass is 35.5. The Bertz CT molecular complexity index is 1280. The number of nitrogens with one attached hydrogen (secondary N) is 1. The molecule has 0 saturated carbocycles. The topological polar surface area (TPSA) is 128 Å². The Kier molecular flexibility index (Phi) is 8.02. The molecule has 0 spiro atoms. The van der Waals surface area contributed by atoms with Crippen LogP contribution in [0.25, 0.3) is 0 Å². The van der Waals surface area contributed by atoms with Crippen LogP contribution in [0.4, 0.5) is 5.69 Å². The van der Waals surface area contributed by atoms with Crippen LogP contribution in [-0.4, -0.2) is 54.6 Å². The smallest absolute Gasteiger partial charge is 0.309 e. The predicted molar refractivity (Wildman–Crippen MR) is 127 cm³/mol. The molecule has 1 aromatic carbocycles. The van der Waals surface area contributed by atoms with Crippen LogP contribution in [0, 0.1) is 12.8 Å². The standard InChI is InChI=1S/C21H24Cl2N4O6S/c1-12-6-7-15(25-19(28)13(2)27-20(29)18(23)16(22)10-24-27)9-17(12)34(31,32)26-8-4-5-14(11-26)21(30)33-3/h6-7,9-10,13-14H,4-5,8,11H2,1-3H3,(H,25,28). The maximum atomic E-state index is 13.4. The van der Waals surface area contributed by atoms with Gasteiger partial charge in [0.1, 0.15) is 11.1 Å². The van der Waals surface area contributed by atoms with E-state index in [0.29, 0.717) is 18.4 Å². The Morgan fingerprint density at radius 1 is 1.29 bits per heavy atom. The second-order valence-electron chi connectivity index (χ2n) is 7.93. The summed E-state index contributed by atoms with van der Waals surface area (Å²) >= 11 is 11.6. The second-order valence-corrected chi connectivity index (χ2v) is 10.6. The van der Waals surface area contributed by atoms with Crippen LogP contribution in [0.2, 0.25) is 10.0 Å². The lowest BCUT2D eigenvalue weighted by molar-refractivity contribution is -0.146. The average molecular weight is 531 g/mol. The molecule has 1 saturated heterocycles. The summed E-state index contributed by atoms with van der Waals surface area (Å²) in [4.78, 5) is 37.0. The fraction of sp³-hybridized carbons (Fsp3) is 0.429. The van der Waals surface area contributed by atoms with Crippen LogP contribution in [0.1, 0.15) is 31.4 Å². The number of nitrogens with zero attached hydrogens (tertiary/aromatic N) is 3. The molecule has 1 aromatic heterocycles. The number of rotatable bonds is 6. The number of aromatic nitrogens is 2. The molecule has 3 rings (SSSR count). The summed E-state index contributed by atoms with van der Waals surface area (Å²) in [7, 11) is -2.67. The van der Waals surface area contributed by atoms with E-state index in [-0.39, 0.29) is 33.7 Å². The van der Waals surface area contributed by atoms with Gasteiger partial charge in [-0.25, -0.2) is 13.1 Å². The zero-order valence-electron chi connectivity index (χ0n) is 18.7. The van der Waals surface area contributed by atoms with E-state index in [1.54, 1.807) is 19.1 Å². The van der Waals surface area contributed by atoms with E-state index in [1.807, 2.05) is 0 Å². The maximum Gasteiger partial charge on any atom is 0.309 e. The van der Waals surface area contributed by atoms with Gasteiger partial charge in [0.15, 0.2) is 0 Å². The number of ether oxygens (including phenoxy) is 1. The summed E-state index contributed by atoms with van der Waals surface area (Å²) in [5, 5.41) is 6.17. The largest absolute Gasteiger partial charge is 0.469 e. The Morgan fingerprint density at radius 2 is 2.00 bits per heavy atom. The predicted octanol–water partition coefficient (Wildman–Crippen LogP) is 2.63. The Morgan fingerprint density at radius 3 is 2.68 bits per heavy atom. The number of piperidine rings is 1. The molecule has 0 bridgehead atoms. The molecule has 0 aliphatic carbocycles. The molecule has 13 heteroatoms. The number of amides is 1. The van der Waals surface area contributed by atoms with Gasteiger partial charge < -0.3 is 10.1 Å². The molecule has 184 valence electrons. The van der Waals surface area contributed by atoms with Crippen LogP contribution in [0.15, 0.2) is 34.1 Å². The first-order valence-corrected chi connectivity index (χ1v) is 12.6. The number of halogens is 2. The molecule has 2 unspecified atom stereocenters. The number of hydrogen-bond donors (Lipinski definition) is 1. The lowest BCUT2D eigenvalue weighted by Gasteiger charge is -2.31. The van der Waals surface area contributed by atoms with Gasteiger partial charge in [-0.2, -0.15) is 9.40 Å². The molecule has 1 amide bonds. The van der Waals surface area contributed by atoms with Crippen molar-refractivity contribution < 1.29 is 22.7 Å². The van der Waals surface area contributed by atoms with E-state index in [2.05, 4.69) is 10.4 Å². The zero-order chi connectivity index (χ0) is 25.2. The number of aryl methyl sites for hydroxylation is 1. The van der Waals surface area contributed by atoms with Crippen molar-refractivity contribution in [2.24, 2.45) is 5.92 Å². The summed E-state index contributed by atoms with van der Waals surface area (Å²) in [6.45, 7) is 3.38. The molecule has 1 N–H and O–H groups in total. The van der Waals surface area contributed by atoms with Gasteiger partial charge in [0, 0.05) is 18.8 Å². The molecule has 2 heterocycles. The quantitative estimate of drug-likeness (QED) is 0.568. The van der Waals surface area contributed by atoms with Gasteiger partial charge in [-0.05, 0) is 44.4 Å². The van der Waals surface area contributed by atoms with E-state index in [4.69, 9.17) is 27.9 Å². The van der Waals surface area contributed by atoms with Crippen molar-refractivity contribution in [1.82, 2.24) is 14.1 Å². The molecule has 2 aromatic rings. The van der Waals surface area contributed by atoms with Crippen molar-refractivity contribution in [2.75, 3.05) is 25.5 Å². The highest BCUT2D eigenvalue weighted by molar-refractivity contribution is 7.89. The third-order valence-corrected chi connectivity index (χ3v) is 8.40. The van der Waals surface area contributed by atoms with Crippen molar-refractivity contribution >= 4 is 50.8 Å². The van der Waals surface area contributed by atoms with Gasteiger partial charge >= 0.3 is 5.97 Å². The van der Waals surface area contributed by atoms with E-state index in [9.17, 15) is 22.8 Å². The number of methoxy groups -OCH3 is 1. The molecule has 1 aliphatic heterocycles. The molecule has 10 nitrogen and oxygen atoms in total. The number of esters is 1. The van der Waals surface area contributed by atoms with Gasteiger partial charge in [-0.15, -0.1) is 0 Å². The summed E-state index contributed by atoms with van der Waals surface area (Å²) in [5.41, 5.74) is -0.0291. The summed E-state index contributed by atoms with van der Waals surface area (Å²) in [6.07, 6.45) is 2.23. The third-order valence-electron chi connectivity index (χ3n) is 5.64. The van der Waals surface area contributed by atoms with E-state index in [1.165, 1.54) is 24.4 Å². The minimum absolute atomic E-state index is 0.00768. The first-order chi connectivity index (χ1) is 16.0. The number of anilines is 1. The Hall–Kier alpha value is -2.47.